The van der Waals surface area contributed by atoms with E-state index >= 15 is 0 Å². The summed E-state index contributed by atoms with van der Waals surface area (Å²) in [4.78, 5) is 22.6. The summed E-state index contributed by atoms with van der Waals surface area (Å²) in [5.41, 5.74) is 0.975. The van der Waals surface area contributed by atoms with Crippen LogP contribution in [0.5, 0.6) is 0 Å². The molecule has 1 aromatic rings. The van der Waals surface area contributed by atoms with Gasteiger partial charge in [0, 0.05) is 20.1 Å². The molecule has 16 heteroatoms. The number of carboxylic acids is 1. The number of allylic oxidation sites excluding steroid dienone is 2. The number of hydrogen-bond acceptors (Lipinski definition) is 8. The quantitative estimate of drug-likeness (QED) is 0.136. The van der Waals surface area contributed by atoms with Crippen LogP contribution in [0.3, 0.4) is 0 Å². The van der Waals surface area contributed by atoms with Crippen LogP contribution in [0.4, 0.5) is 17.6 Å². The monoisotopic (exact) mass is 697 g/mol. The molecule has 266 valence electrons. The number of aliphatic carboxylic acids is 1. The standard InChI is InChI=1S/C17H20F2O2.C10H14F2O2.C4H8O2.CH4O.Li.H2NO.Na.H2O/c18-16(19)11-8-13-6-9-15(10-7-13)17(20)21-12-14-4-2-1-3-5-14;11-9(12)6-3-7-1-4-8(5-2-7)10(13)14;5-4-2-1-3-6-4;1-2;;1-2;;/h1-5,11,13,15H,6-10,12H2;6-8H,1-5H2,(H,13,14);4-5H,1-3H2;2H,1H3;;1-2H;;1H2/q;;;;+1;-1;+1;/p-1. The van der Waals surface area contributed by atoms with Gasteiger partial charge in [0.15, 0.2) is 6.29 Å². The van der Waals surface area contributed by atoms with Crippen molar-refractivity contribution in [3.8, 4) is 0 Å². The van der Waals surface area contributed by atoms with E-state index in [2.05, 4.69) is 0 Å². The molecule has 0 aromatic heterocycles. The summed E-state index contributed by atoms with van der Waals surface area (Å²) in [6.07, 6.45) is 6.71. The zero-order chi connectivity index (χ0) is 34.0. The molecule has 1 heterocycles. The van der Waals surface area contributed by atoms with Crippen molar-refractivity contribution in [1.82, 2.24) is 0 Å². The third kappa shape index (κ3) is 26.6. The van der Waals surface area contributed by atoms with Crippen molar-refractivity contribution in [3.63, 3.8) is 0 Å². The van der Waals surface area contributed by atoms with E-state index in [1.165, 1.54) is 0 Å². The third-order valence-corrected chi connectivity index (χ3v) is 7.72. The number of halogens is 4. The Labute approximate surface area is 314 Å². The maximum absolute atomic E-state index is 12.0. The predicted molar refractivity (Wildman–Crippen MR) is 162 cm³/mol. The Balaban J connectivity index is -0.000000311. The number of aliphatic hydroxyl groups is 2. The van der Waals surface area contributed by atoms with Crippen molar-refractivity contribution < 1.29 is 111 Å². The first-order chi connectivity index (χ1) is 21.6. The van der Waals surface area contributed by atoms with Gasteiger partial charge in [-0.3, -0.25) is 9.59 Å². The SMILES string of the molecule is CO.O=C(O)C1CCC(CC=C(F)F)CC1.O=C(OCc1ccccc1)C1CCC(CC=C(F)F)CC1.OC1CCCO1.[Li+].[NH-]O.[Na+].[OH-]. The maximum atomic E-state index is 12.0. The molecule has 3 fully saturated rings. The van der Waals surface area contributed by atoms with E-state index in [0.29, 0.717) is 32.3 Å². The smallest absolute Gasteiger partial charge is 0.870 e. The summed E-state index contributed by atoms with van der Waals surface area (Å²) in [6, 6.07) is 9.57. The number of carbonyl (C=O) groups excluding carboxylic acids is 1. The van der Waals surface area contributed by atoms with Gasteiger partial charge in [-0.15, -0.1) is 0 Å². The Kier molecular flexibility index (Phi) is 38.1. The molecule has 1 aliphatic heterocycles. The molecule has 3 aliphatic rings. The van der Waals surface area contributed by atoms with Crippen LogP contribution >= 0.6 is 0 Å². The molecule has 2 aliphatic carbocycles. The van der Waals surface area contributed by atoms with Gasteiger partial charge in [-0.25, -0.2) is 0 Å². The molecule has 0 bridgehead atoms. The summed E-state index contributed by atoms with van der Waals surface area (Å²) < 4.78 is 57.6. The van der Waals surface area contributed by atoms with Crippen LogP contribution in [0.1, 0.15) is 82.6 Å². The summed E-state index contributed by atoms with van der Waals surface area (Å²) >= 11 is 0. The maximum Gasteiger partial charge on any atom is 1.00 e. The fourth-order valence-corrected chi connectivity index (χ4v) is 5.20. The van der Waals surface area contributed by atoms with E-state index in [-0.39, 0.29) is 83.5 Å². The molecular formula is C32H49F4LiNNaO9. The Morgan fingerprint density at radius 3 is 1.60 bits per heavy atom. The van der Waals surface area contributed by atoms with Crippen LogP contribution in [0, 0.1) is 23.7 Å². The summed E-state index contributed by atoms with van der Waals surface area (Å²) in [5.74, 6) is 4.01. The Bertz CT molecular complexity index is 970. The fraction of sp³-hybridized carbons (Fsp3) is 0.625. The molecule has 1 unspecified atom stereocenters. The van der Waals surface area contributed by atoms with Crippen molar-refractivity contribution in [1.29, 1.82) is 0 Å². The topological polar surface area (TPSA) is 187 Å². The van der Waals surface area contributed by atoms with E-state index < -0.39 is 24.4 Å². The van der Waals surface area contributed by atoms with Crippen LogP contribution < -0.4 is 48.4 Å². The van der Waals surface area contributed by atoms with Gasteiger partial charge < -0.3 is 41.4 Å². The van der Waals surface area contributed by atoms with Crippen LogP contribution in [-0.4, -0.2) is 57.9 Å². The van der Waals surface area contributed by atoms with Crippen molar-refractivity contribution in [2.24, 2.45) is 23.7 Å². The molecule has 2 saturated carbocycles. The number of ether oxygens (including phenoxy) is 2. The van der Waals surface area contributed by atoms with Gasteiger partial charge in [-0.1, -0.05) is 30.3 Å². The Morgan fingerprint density at radius 1 is 0.833 bits per heavy atom. The van der Waals surface area contributed by atoms with Gasteiger partial charge in [-0.2, -0.15) is 17.6 Å². The number of esters is 1. The molecule has 0 spiro atoms. The summed E-state index contributed by atoms with van der Waals surface area (Å²) in [5, 5.41) is 30.5. The summed E-state index contributed by atoms with van der Waals surface area (Å²) in [6.45, 7) is 1.04. The molecule has 4 rings (SSSR count). The van der Waals surface area contributed by atoms with Crippen molar-refractivity contribution in [2.45, 2.75) is 89.9 Å². The normalized spacial score (nSPS) is 21.9. The van der Waals surface area contributed by atoms with Crippen molar-refractivity contribution in [3.05, 3.63) is 66.1 Å². The average Bonchev–Trinajstić information content (AvgIpc) is 3.56. The van der Waals surface area contributed by atoms with Gasteiger partial charge in [0.05, 0.1) is 11.8 Å². The van der Waals surface area contributed by atoms with Crippen molar-refractivity contribution >= 4 is 11.9 Å². The first-order valence-electron chi connectivity index (χ1n) is 15.1. The molecule has 0 radical (unpaired) electrons. The van der Waals surface area contributed by atoms with Gasteiger partial charge in [0.1, 0.15) is 6.61 Å². The number of benzene rings is 1. The van der Waals surface area contributed by atoms with E-state index in [1.807, 2.05) is 30.3 Å². The molecule has 6 N–H and O–H groups in total. The number of rotatable bonds is 8. The number of nitrogens with one attached hydrogen (secondary N) is 1. The van der Waals surface area contributed by atoms with E-state index in [4.69, 9.17) is 35.9 Å². The Morgan fingerprint density at radius 2 is 1.27 bits per heavy atom. The summed E-state index contributed by atoms with van der Waals surface area (Å²) in [7, 11) is 1.00. The molecule has 1 atom stereocenters. The molecule has 1 saturated heterocycles. The third-order valence-electron chi connectivity index (χ3n) is 7.72. The second-order valence-electron chi connectivity index (χ2n) is 10.8. The van der Waals surface area contributed by atoms with Crippen LogP contribution in [0.25, 0.3) is 5.90 Å². The zero-order valence-corrected chi connectivity index (χ0v) is 30.2. The van der Waals surface area contributed by atoms with Gasteiger partial charge >= 0.3 is 60.4 Å². The molecule has 1 aromatic carbocycles. The second-order valence-corrected chi connectivity index (χ2v) is 10.8. The van der Waals surface area contributed by atoms with Crippen LogP contribution in [-0.2, 0) is 25.7 Å². The van der Waals surface area contributed by atoms with E-state index in [0.717, 1.165) is 82.8 Å². The van der Waals surface area contributed by atoms with E-state index in [9.17, 15) is 27.2 Å². The second kappa shape index (κ2) is 34.2. The first-order valence-corrected chi connectivity index (χ1v) is 15.1. The van der Waals surface area contributed by atoms with Crippen molar-refractivity contribution in [2.75, 3.05) is 13.7 Å². The van der Waals surface area contributed by atoms with Gasteiger partial charge in [0.25, 0.3) is 12.2 Å². The first kappa shape index (κ1) is 53.5. The number of hydrogen-bond donors (Lipinski definition) is 4. The molecule has 0 amide bonds. The minimum Gasteiger partial charge on any atom is -0.870 e. The van der Waals surface area contributed by atoms with Crippen LogP contribution in [0.15, 0.2) is 54.6 Å². The Hall–Kier alpha value is -1.28. The molecular weight excluding hydrogens is 648 g/mol. The minimum atomic E-state index is -1.63. The number of carbonyl (C=O) groups is 2. The fourth-order valence-electron chi connectivity index (χ4n) is 5.20. The largest absolute Gasteiger partial charge is 1.00 e. The number of aliphatic hydroxyl groups excluding tert-OH is 2. The molecule has 10 nitrogen and oxygen atoms in total. The zero-order valence-electron chi connectivity index (χ0n) is 28.2. The average molecular weight is 698 g/mol. The predicted octanol–water partition coefficient (Wildman–Crippen LogP) is 1.74. The van der Waals surface area contributed by atoms with Crippen LogP contribution in [0.2, 0.25) is 0 Å². The molecule has 48 heavy (non-hydrogen) atoms. The van der Waals surface area contributed by atoms with E-state index in [1.54, 1.807) is 0 Å². The minimum absolute atomic E-state index is 0. The van der Waals surface area contributed by atoms with Gasteiger partial charge in [0.2, 0.25) is 0 Å². The van der Waals surface area contributed by atoms with Gasteiger partial charge in [-0.05, 0) is 100 Å². The number of carboxylic acid groups (broad SMARTS) is 1.